The summed E-state index contributed by atoms with van der Waals surface area (Å²) in [6.07, 6.45) is 28.2. The molecule has 0 amide bonds. The number of aryl methyl sites for hydroxylation is 5. The topological polar surface area (TPSA) is 21.8 Å². The van der Waals surface area contributed by atoms with Crippen LogP contribution in [0.1, 0.15) is 213 Å². The fraction of sp³-hybridized carbons (Fsp3) is 0.285. The fourth-order valence-corrected chi connectivity index (χ4v) is 18.0. The first kappa shape index (κ1) is 97.6. The molecule has 2 saturated heterocycles. The van der Waals surface area contributed by atoms with Gasteiger partial charge in [-0.3, -0.25) is 14.7 Å². The maximum Gasteiger partial charge on any atom is 0.0972 e. The van der Waals surface area contributed by atoms with Gasteiger partial charge in [0.25, 0.3) is 0 Å². The van der Waals surface area contributed by atoms with Crippen molar-refractivity contribution in [2.75, 3.05) is 46.3 Å². The van der Waals surface area contributed by atoms with Crippen LogP contribution in [0.2, 0.25) is 0 Å². The van der Waals surface area contributed by atoms with Gasteiger partial charge < -0.3 is 5.32 Å². The van der Waals surface area contributed by atoms with Gasteiger partial charge in [0.2, 0.25) is 0 Å². The second-order valence-corrected chi connectivity index (χ2v) is 34.5. The number of piperidine rings is 2. The largest absolute Gasteiger partial charge is 0.300 e. The van der Waals surface area contributed by atoms with E-state index in [-0.39, 0.29) is 22.2 Å². The smallest absolute Gasteiger partial charge is 0.0972 e. The summed E-state index contributed by atoms with van der Waals surface area (Å²) in [5.41, 5.74) is 25.0. The Bertz CT molecular complexity index is 4940. The van der Waals surface area contributed by atoms with E-state index in [0.29, 0.717) is 0 Å². The van der Waals surface area contributed by atoms with Crippen molar-refractivity contribution >= 4 is 0 Å². The molecule has 0 radical (unpaired) electrons. The van der Waals surface area contributed by atoms with Gasteiger partial charge >= 0.3 is 0 Å². The van der Waals surface area contributed by atoms with Crippen molar-refractivity contribution in [3.63, 3.8) is 0 Å². The first-order valence-electron chi connectivity index (χ1n) is 47.2. The molecule has 3 aliphatic rings. The summed E-state index contributed by atoms with van der Waals surface area (Å²) in [6, 6.07) is 133. The quantitative estimate of drug-likeness (QED) is 0.0431. The number of nitrogens with one attached hydrogen (secondary N) is 1. The minimum absolute atomic E-state index is 0.207. The highest BCUT2D eigenvalue weighted by molar-refractivity contribution is 5.56. The van der Waals surface area contributed by atoms with E-state index in [9.17, 15) is 0 Å². The molecule has 2 heterocycles. The number of benzene rings is 13. The molecule has 1 N–H and O–H groups in total. The minimum atomic E-state index is -0.338. The van der Waals surface area contributed by atoms with E-state index in [1.165, 1.54) is 164 Å². The number of hydrogen-bond acceptors (Lipinski definition) is 4. The predicted molar refractivity (Wildman–Crippen MR) is 548 cm³/mol. The molecule has 2 fully saturated rings. The Morgan fingerprint density at radius 3 is 0.976 bits per heavy atom. The van der Waals surface area contributed by atoms with Gasteiger partial charge in [-0.1, -0.05) is 507 Å². The average Bonchev–Trinajstić information content (AvgIpc) is 0.740. The second kappa shape index (κ2) is 51.9. The van der Waals surface area contributed by atoms with Crippen molar-refractivity contribution in [2.24, 2.45) is 0 Å². The van der Waals surface area contributed by atoms with E-state index in [4.69, 9.17) is 0 Å². The van der Waals surface area contributed by atoms with Crippen LogP contribution in [0.5, 0.6) is 0 Å². The Labute approximate surface area is 767 Å². The Morgan fingerprint density at radius 1 is 0.354 bits per heavy atom. The molecule has 4 heteroatoms. The SMILES string of the molecule is C=C(C)/C=C\C(=C)C(c1ccccc1)(c1ccccc1)N1CCCCC1.CCCC.CCCCN(C)C(C1=CC=CCC1)(c1ccc(C)cc1)c1ccc(C)cc1.CCCNC(c1ccccc1)(c1ccccc1)c1ccccc1.Cc1ccc(C(c2ccc(C)cc2)(c2ccc(C)cc2)N2CCCCC2)cc1.c1ccc(Cc2ccccc2)cc1.c1ccccc1. The van der Waals surface area contributed by atoms with E-state index < -0.39 is 0 Å². The van der Waals surface area contributed by atoms with Crippen LogP contribution in [0, 0.1) is 34.6 Å². The number of allylic oxidation sites excluding steroid dienone is 5. The lowest BCUT2D eigenvalue weighted by Gasteiger charge is -2.47. The van der Waals surface area contributed by atoms with Crippen LogP contribution < -0.4 is 5.32 Å². The monoisotopic (exact) mass is 1680 g/mol. The highest BCUT2D eigenvalue weighted by atomic mass is 15.2. The summed E-state index contributed by atoms with van der Waals surface area (Å²) in [4.78, 5) is 7.92. The average molecular weight is 1680 g/mol. The lowest BCUT2D eigenvalue weighted by Crippen LogP contribution is -2.50. The molecule has 127 heavy (non-hydrogen) atoms. The standard InChI is InChI=1S/C27H31N.C26H33N.C25H29N.C22H23N.C13H12.C6H6.C4H10/c1-21-7-13-24(14-8-21)27(28-19-5-4-6-20-28,25-15-9-22(2)10-16-25)26-17-11-23(3)12-18-26;1-5-6-20-27(4)26(23-10-8-7-9-11-23,24-16-12-21(2)13-17-24)25-18-14-22(3)15-19-25;1-21(2)17-18-22(3)25(23-13-7-4-8-14-23,24-15-9-5-10-16-24)26-19-11-6-12-20-26;1-2-18-23-22(19-12-6-3-7-13-19,20-14-8-4-9-15-20)21-16-10-5-11-17-21;1-3-7-12(8-4-1)11-13-9-5-2-6-10-13;1-2-4-6-5-3-1;1-3-4-2/h7-18H,4-6,19-20H2,1-3H3;7-8,10,12-19H,5-6,9,11,20H2,1-4H3;4-5,7-10,13-18H,1,3,6,11-12,19-20H2,2H3;3-17,23H,2,18H2,1H3;1-10H,11H2;1-6H;3-4H2,1-2H3/b;;18-17-;;;;. The van der Waals surface area contributed by atoms with Gasteiger partial charge in [-0.25, -0.2) is 0 Å². The van der Waals surface area contributed by atoms with Gasteiger partial charge in [0, 0.05) is 0 Å². The van der Waals surface area contributed by atoms with Crippen LogP contribution in [-0.4, -0.2) is 61.0 Å². The Morgan fingerprint density at radius 2 is 0.669 bits per heavy atom. The zero-order chi connectivity index (χ0) is 89.8. The van der Waals surface area contributed by atoms with E-state index in [2.05, 4.69) is 467 Å². The normalized spacial score (nSPS) is 13.4. The third-order valence-electron chi connectivity index (χ3n) is 24.8. The number of rotatable bonds is 26. The first-order valence-corrected chi connectivity index (χ1v) is 47.2. The van der Waals surface area contributed by atoms with Crippen LogP contribution in [0.25, 0.3) is 0 Å². The van der Waals surface area contributed by atoms with Crippen molar-refractivity contribution in [3.8, 4) is 0 Å². The lowest BCUT2D eigenvalue weighted by molar-refractivity contribution is 0.127. The minimum Gasteiger partial charge on any atom is -0.300 e. The van der Waals surface area contributed by atoms with E-state index in [1.54, 1.807) is 0 Å². The molecule has 0 spiro atoms. The van der Waals surface area contributed by atoms with Gasteiger partial charge in [0.1, 0.15) is 0 Å². The molecule has 0 aromatic heterocycles. The van der Waals surface area contributed by atoms with E-state index in [0.717, 1.165) is 76.1 Å². The number of hydrogen-bond donors (Lipinski definition) is 1. The zero-order valence-corrected chi connectivity index (χ0v) is 78.5. The van der Waals surface area contributed by atoms with Crippen molar-refractivity contribution < 1.29 is 0 Å². The van der Waals surface area contributed by atoms with Crippen molar-refractivity contribution in [1.82, 2.24) is 20.0 Å². The summed E-state index contributed by atoms with van der Waals surface area (Å²) >= 11 is 0. The van der Waals surface area contributed by atoms with Gasteiger partial charge in [0.15, 0.2) is 0 Å². The zero-order valence-electron chi connectivity index (χ0n) is 78.5. The molecule has 1 aliphatic carbocycles. The second-order valence-electron chi connectivity index (χ2n) is 34.5. The summed E-state index contributed by atoms with van der Waals surface area (Å²) in [5, 5.41) is 3.83. The molecule has 13 aromatic rings. The predicted octanol–water partition coefficient (Wildman–Crippen LogP) is 30.8. The van der Waals surface area contributed by atoms with Crippen molar-refractivity contribution in [1.29, 1.82) is 0 Å². The summed E-state index contributed by atoms with van der Waals surface area (Å²) in [7, 11) is 2.30. The molecular weight excluding hydrogens is 1530 g/mol. The molecule has 0 bridgehead atoms. The molecule has 2 aliphatic heterocycles. The Hall–Kier alpha value is -11.6. The van der Waals surface area contributed by atoms with E-state index in [1.807, 2.05) is 43.3 Å². The van der Waals surface area contributed by atoms with Crippen LogP contribution in [-0.2, 0) is 28.6 Å². The number of likely N-dealkylation sites (tertiary alicyclic amines) is 2. The Balaban J connectivity index is 0.000000163. The van der Waals surface area contributed by atoms with Crippen LogP contribution in [0.4, 0.5) is 0 Å². The third kappa shape index (κ3) is 26.5. The van der Waals surface area contributed by atoms with Gasteiger partial charge in [-0.2, -0.15) is 0 Å². The van der Waals surface area contributed by atoms with Crippen molar-refractivity contribution in [3.05, 3.63) is 525 Å². The molecule has 656 valence electrons. The van der Waals surface area contributed by atoms with Crippen molar-refractivity contribution in [2.45, 2.75) is 181 Å². The van der Waals surface area contributed by atoms with Crippen LogP contribution >= 0.6 is 0 Å². The summed E-state index contributed by atoms with van der Waals surface area (Å²) in [6.45, 7) is 36.8. The van der Waals surface area contributed by atoms with Crippen LogP contribution in [0.15, 0.2) is 430 Å². The third-order valence-corrected chi connectivity index (χ3v) is 24.8. The van der Waals surface area contributed by atoms with Gasteiger partial charge in [0.05, 0.1) is 22.2 Å². The van der Waals surface area contributed by atoms with E-state index >= 15 is 0 Å². The number of nitrogens with zero attached hydrogens (tertiary/aromatic N) is 3. The van der Waals surface area contributed by atoms with Gasteiger partial charge in [-0.05, 0) is 224 Å². The summed E-state index contributed by atoms with van der Waals surface area (Å²) in [5.74, 6) is 0. The molecule has 4 nitrogen and oxygen atoms in total. The van der Waals surface area contributed by atoms with Gasteiger partial charge in [-0.15, -0.1) is 0 Å². The number of likely N-dealkylation sites (N-methyl/N-ethyl adjacent to an activating group) is 1. The first-order chi connectivity index (χ1) is 62.1. The lowest BCUT2D eigenvalue weighted by atomic mass is 9.72. The molecule has 13 aromatic carbocycles. The van der Waals surface area contributed by atoms with Crippen LogP contribution in [0.3, 0.4) is 0 Å². The highest BCUT2D eigenvalue weighted by Crippen LogP contribution is 2.48. The Kier molecular flexibility index (Phi) is 39.9. The fourth-order valence-electron chi connectivity index (χ4n) is 18.0. The molecular formula is C123H144N4. The molecule has 16 rings (SSSR count). The maximum absolute atomic E-state index is 4.56. The molecule has 0 unspecified atom stereocenters. The number of unbranched alkanes of at least 4 members (excludes halogenated alkanes) is 2. The molecule has 0 saturated carbocycles. The molecule has 0 atom stereocenters. The summed E-state index contributed by atoms with van der Waals surface area (Å²) < 4.78 is 0. The highest BCUT2D eigenvalue weighted by Gasteiger charge is 2.45. The maximum atomic E-state index is 4.56.